The van der Waals surface area contributed by atoms with Crippen molar-refractivity contribution in [3.63, 3.8) is 0 Å². The van der Waals surface area contributed by atoms with E-state index >= 15 is 0 Å². The van der Waals surface area contributed by atoms with E-state index in [1.54, 1.807) is 25.1 Å². The van der Waals surface area contributed by atoms with Crippen molar-refractivity contribution < 1.29 is 14.6 Å². The fourth-order valence-corrected chi connectivity index (χ4v) is 3.98. The second-order valence-corrected chi connectivity index (χ2v) is 8.83. The van der Waals surface area contributed by atoms with E-state index in [1.807, 2.05) is 0 Å². The van der Waals surface area contributed by atoms with Gasteiger partial charge in [-0.3, -0.25) is 25.0 Å². The molecular weight excluding hydrogens is 558 g/mol. The van der Waals surface area contributed by atoms with Crippen LogP contribution in [-0.4, -0.2) is 25.7 Å². The lowest BCUT2D eigenvalue weighted by Crippen LogP contribution is -2.20. The largest absolute Gasteiger partial charge is 0.481 e. The van der Waals surface area contributed by atoms with Gasteiger partial charge in [-0.05, 0) is 48.9 Å². The first-order valence-corrected chi connectivity index (χ1v) is 11.4. The molecule has 1 heterocycles. The van der Waals surface area contributed by atoms with Crippen LogP contribution in [0.4, 0.5) is 11.4 Å². The number of rotatable bonds is 7. The van der Waals surface area contributed by atoms with Gasteiger partial charge < -0.3 is 4.74 Å². The molecule has 4 rings (SSSR count). The van der Waals surface area contributed by atoms with Crippen LogP contribution >= 0.6 is 27.5 Å². The Hall–Kier alpha value is -4.16. The number of ether oxygens (including phenoxy) is 1. The van der Waals surface area contributed by atoms with Crippen molar-refractivity contribution in [2.24, 2.45) is 5.10 Å². The minimum Gasteiger partial charge on any atom is -0.481 e. The minimum atomic E-state index is -0.652. The molecule has 0 unspecified atom stereocenters. The smallest absolute Gasteiger partial charge is 0.313 e. The van der Waals surface area contributed by atoms with Crippen molar-refractivity contribution in [3.8, 4) is 5.75 Å². The normalized spacial score (nSPS) is 11.2. The van der Waals surface area contributed by atoms with Crippen LogP contribution in [0.25, 0.3) is 10.9 Å². The van der Waals surface area contributed by atoms with Crippen LogP contribution in [0.5, 0.6) is 5.75 Å². The average molecular weight is 573 g/mol. The number of nitrogens with zero attached hydrogens (tertiary/aromatic N) is 5. The number of aryl methyl sites for hydroxylation is 1. The Kier molecular flexibility index (Phi) is 7.08. The fourth-order valence-electron chi connectivity index (χ4n) is 3.34. The summed E-state index contributed by atoms with van der Waals surface area (Å²) in [5.41, 5.74) is 0.432. The summed E-state index contributed by atoms with van der Waals surface area (Å²) in [6.07, 6.45) is 1.26. The SMILES string of the molecule is Cc1nc2ccc(Br)cc2c(=O)n1N=Cc1cc(Cl)c(OCc2ccc([N+](=O)[O-])cc2)c([N+](=O)[O-])c1. The topological polar surface area (TPSA) is 143 Å². The maximum atomic E-state index is 12.9. The number of non-ortho nitro benzene ring substituents is 1. The summed E-state index contributed by atoms with van der Waals surface area (Å²) in [6, 6.07) is 13.3. The molecule has 0 N–H and O–H groups in total. The molecule has 0 radical (unpaired) electrons. The Morgan fingerprint density at radius 3 is 2.50 bits per heavy atom. The van der Waals surface area contributed by atoms with Crippen LogP contribution in [-0.2, 0) is 6.61 Å². The van der Waals surface area contributed by atoms with Gasteiger partial charge in [0.25, 0.3) is 11.2 Å². The number of aromatic nitrogens is 2. The lowest BCUT2D eigenvalue weighted by Gasteiger charge is -2.10. The van der Waals surface area contributed by atoms with Crippen LogP contribution in [0, 0.1) is 27.2 Å². The Morgan fingerprint density at radius 1 is 1.11 bits per heavy atom. The molecule has 11 nitrogen and oxygen atoms in total. The molecule has 0 fully saturated rings. The molecule has 3 aromatic carbocycles. The predicted octanol–water partition coefficient (Wildman–Crippen LogP) is 5.40. The van der Waals surface area contributed by atoms with Gasteiger partial charge >= 0.3 is 5.69 Å². The maximum absolute atomic E-state index is 12.9. The van der Waals surface area contributed by atoms with Crippen LogP contribution in [0.1, 0.15) is 17.0 Å². The molecule has 0 aliphatic rings. The monoisotopic (exact) mass is 571 g/mol. The van der Waals surface area contributed by atoms with Crippen LogP contribution in [0.2, 0.25) is 5.02 Å². The standard InChI is InChI=1S/C23H15BrClN5O6/c1-13-27-20-7-4-16(24)10-18(20)23(31)28(13)26-11-15-8-19(25)22(21(9-15)30(34)35)36-12-14-2-5-17(6-3-14)29(32)33/h2-11H,12H2,1H3. The molecule has 13 heteroatoms. The number of nitro groups is 2. The van der Waals surface area contributed by atoms with Crippen LogP contribution < -0.4 is 10.3 Å². The summed E-state index contributed by atoms with van der Waals surface area (Å²) in [5.74, 6) is 0.164. The van der Waals surface area contributed by atoms with Crippen molar-refractivity contribution in [2.75, 3.05) is 0 Å². The van der Waals surface area contributed by atoms with E-state index in [2.05, 4.69) is 26.0 Å². The zero-order valence-electron chi connectivity index (χ0n) is 18.4. The Morgan fingerprint density at radius 2 is 1.83 bits per heavy atom. The van der Waals surface area contributed by atoms with E-state index in [0.29, 0.717) is 26.8 Å². The summed E-state index contributed by atoms with van der Waals surface area (Å²) in [7, 11) is 0. The molecule has 36 heavy (non-hydrogen) atoms. The lowest BCUT2D eigenvalue weighted by atomic mass is 10.2. The number of hydrogen-bond donors (Lipinski definition) is 0. The van der Waals surface area contributed by atoms with Crippen molar-refractivity contribution in [1.29, 1.82) is 0 Å². The summed E-state index contributed by atoms with van der Waals surface area (Å²) >= 11 is 9.61. The van der Waals surface area contributed by atoms with Crippen molar-refractivity contribution in [3.05, 3.63) is 112 Å². The third-order valence-electron chi connectivity index (χ3n) is 5.07. The zero-order valence-corrected chi connectivity index (χ0v) is 20.8. The summed E-state index contributed by atoms with van der Waals surface area (Å²) in [4.78, 5) is 38.6. The number of hydrogen-bond acceptors (Lipinski definition) is 8. The first-order valence-electron chi connectivity index (χ1n) is 10.2. The number of halogens is 2. The third-order valence-corrected chi connectivity index (χ3v) is 5.84. The Bertz CT molecular complexity index is 1600. The third kappa shape index (κ3) is 5.24. The predicted molar refractivity (Wildman–Crippen MR) is 137 cm³/mol. The highest BCUT2D eigenvalue weighted by Gasteiger charge is 2.21. The van der Waals surface area contributed by atoms with Gasteiger partial charge in [0.05, 0.1) is 32.0 Å². The van der Waals surface area contributed by atoms with Gasteiger partial charge in [-0.15, -0.1) is 0 Å². The molecule has 0 aliphatic carbocycles. The van der Waals surface area contributed by atoms with E-state index in [1.165, 1.54) is 42.6 Å². The van der Waals surface area contributed by atoms with Gasteiger partial charge in [0.15, 0.2) is 0 Å². The molecule has 0 bridgehead atoms. The Labute approximate surface area is 216 Å². The summed E-state index contributed by atoms with van der Waals surface area (Å²) in [5, 5.41) is 27.0. The van der Waals surface area contributed by atoms with Crippen molar-refractivity contribution in [2.45, 2.75) is 13.5 Å². The van der Waals surface area contributed by atoms with E-state index in [-0.39, 0.29) is 28.6 Å². The number of nitro benzene ring substituents is 2. The fraction of sp³-hybridized carbons (Fsp3) is 0.0870. The minimum absolute atomic E-state index is 0.0443. The molecule has 1 aromatic heterocycles. The van der Waals surface area contributed by atoms with E-state index < -0.39 is 21.1 Å². The first-order chi connectivity index (χ1) is 17.1. The zero-order chi connectivity index (χ0) is 26.0. The van der Waals surface area contributed by atoms with Crippen LogP contribution in [0.3, 0.4) is 0 Å². The van der Waals surface area contributed by atoms with Crippen molar-refractivity contribution >= 4 is 56.0 Å². The Balaban J connectivity index is 1.64. The van der Waals surface area contributed by atoms with E-state index in [0.717, 1.165) is 4.68 Å². The van der Waals surface area contributed by atoms with Gasteiger partial charge in [0.1, 0.15) is 12.4 Å². The number of fused-ring (bicyclic) bond motifs is 1. The second kappa shape index (κ2) is 10.2. The molecule has 0 saturated carbocycles. The van der Waals surface area contributed by atoms with E-state index in [4.69, 9.17) is 16.3 Å². The molecule has 0 spiro atoms. The first kappa shape index (κ1) is 24.9. The molecule has 182 valence electrons. The van der Waals surface area contributed by atoms with Gasteiger partial charge in [0.2, 0.25) is 5.75 Å². The molecule has 0 aliphatic heterocycles. The van der Waals surface area contributed by atoms with Crippen LogP contribution in [0.15, 0.2) is 69.0 Å². The number of benzene rings is 3. The van der Waals surface area contributed by atoms with Gasteiger partial charge in [0, 0.05) is 28.2 Å². The maximum Gasteiger partial charge on any atom is 0.313 e. The van der Waals surface area contributed by atoms with Crippen molar-refractivity contribution in [1.82, 2.24) is 9.66 Å². The van der Waals surface area contributed by atoms with Gasteiger partial charge in [-0.25, -0.2) is 4.98 Å². The van der Waals surface area contributed by atoms with E-state index in [9.17, 15) is 25.0 Å². The summed E-state index contributed by atoms with van der Waals surface area (Å²) in [6.45, 7) is 1.52. The lowest BCUT2D eigenvalue weighted by molar-refractivity contribution is -0.386. The molecule has 0 saturated heterocycles. The molecule has 0 atom stereocenters. The molecule has 0 amide bonds. The van der Waals surface area contributed by atoms with Gasteiger partial charge in [-0.1, -0.05) is 27.5 Å². The molecular formula is C23H15BrClN5O6. The van der Waals surface area contributed by atoms with Gasteiger partial charge in [-0.2, -0.15) is 9.78 Å². The highest BCUT2D eigenvalue weighted by atomic mass is 79.9. The molecule has 4 aromatic rings. The second-order valence-electron chi connectivity index (χ2n) is 7.50. The summed E-state index contributed by atoms with van der Waals surface area (Å²) < 4.78 is 7.37. The highest BCUT2D eigenvalue weighted by Crippen LogP contribution is 2.36. The quantitative estimate of drug-likeness (QED) is 0.164. The average Bonchev–Trinajstić information content (AvgIpc) is 2.83. The highest BCUT2D eigenvalue weighted by molar-refractivity contribution is 9.10.